The first kappa shape index (κ1) is 16.0. The molecule has 0 unspecified atom stereocenters. The molecule has 0 rings (SSSR count). The SMILES string of the molecule is O=S(=O)(O)O.[NaH].[Y]. The second kappa shape index (κ2) is 6.10. The first-order valence-corrected chi connectivity index (χ1v) is 2.10. The quantitative estimate of drug-likeness (QED) is 0.385. The molecule has 7 heavy (non-hydrogen) atoms. The van der Waals surface area contributed by atoms with Crippen molar-refractivity contribution in [2.75, 3.05) is 0 Å². The summed E-state index contributed by atoms with van der Waals surface area (Å²) in [4.78, 5) is 0. The van der Waals surface area contributed by atoms with Gasteiger partial charge in [-0.15, -0.1) is 0 Å². The van der Waals surface area contributed by atoms with Crippen LogP contribution in [0.5, 0.6) is 0 Å². The topological polar surface area (TPSA) is 74.6 Å². The summed E-state index contributed by atoms with van der Waals surface area (Å²) in [6.07, 6.45) is 0. The zero-order chi connectivity index (χ0) is 4.50. The minimum Gasteiger partial charge on any atom is 0 e. The smallest absolute Gasteiger partial charge is 0 e. The van der Waals surface area contributed by atoms with Gasteiger partial charge in [0.2, 0.25) is 0 Å². The molecule has 0 aliphatic carbocycles. The third kappa shape index (κ3) is 73.0. The van der Waals surface area contributed by atoms with Crippen molar-refractivity contribution in [3.05, 3.63) is 0 Å². The van der Waals surface area contributed by atoms with Gasteiger partial charge in [0.15, 0.2) is 0 Å². The van der Waals surface area contributed by atoms with Gasteiger partial charge in [0.05, 0.1) is 0 Å². The van der Waals surface area contributed by atoms with E-state index >= 15 is 0 Å². The monoisotopic (exact) mass is 211 g/mol. The second-order valence-corrected chi connectivity index (χ2v) is 1.34. The van der Waals surface area contributed by atoms with Gasteiger partial charge in [-0.25, -0.2) is 0 Å². The summed E-state index contributed by atoms with van der Waals surface area (Å²) < 4.78 is 31.6. The van der Waals surface area contributed by atoms with E-state index < -0.39 is 10.4 Å². The molecular formula is H3NaO4SY. The van der Waals surface area contributed by atoms with Crippen molar-refractivity contribution in [2.45, 2.75) is 0 Å². The van der Waals surface area contributed by atoms with Crippen molar-refractivity contribution < 1.29 is 50.2 Å². The fourth-order valence-electron chi connectivity index (χ4n) is 0. The first-order chi connectivity index (χ1) is 2.00. The van der Waals surface area contributed by atoms with Gasteiger partial charge < -0.3 is 0 Å². The van der Waals surface area contributed by atoms with E-state index in [1.165, 1.54) is 0 Å². The number of rotatable bonds is 0. The summed E-state index contributed by atoms with van der Waals surface area (Å²) in [7, 11) is -4.67. The van der Waals surface area contributed by atoms with E-state index in [1.807, 2.05) is 0 Å². The molecule has 0 heterocycles. The normalized spacial score (nSPS) is 8.29. The Bertz CT molecular complexity index is 94.9. The first-order valence-electron chi connectivity index (χ1n) is 0.698. The molecule has 0 aromatic rings. The Kier molecular flexibility index (Phi) is 13.9. The Morgan fingerprint density at radius 3 is 1.14 bits per heavy atom. The van der Waals surface area contributed by atoms with E-state index in [0.29, 0.717) is 0 Å². The van der Waals surface area contributed by atoms with Crippen LogP contribution in [-0.4, -0.2) is 47.1 Å². The number of hydrogen-bond acceptors (Lipinski definition) is 2. The molecule has 0 aromatic carbocycles. The molecule has 0 amide bonds. The third-order valence-corrected chi connectivity index (χ3v) is 0. The average molecular weight is 211 g/mol. The van der Waals surface area contributed by atoms with E-state index in [0.717, 1.165) is 0 Å². The molecule has 0 atom stereocenters. The van der Waals surface area contributed by atoms with Crippen LogP contribution in [0.25, 0.3) is 0 Å². The van der Waals surface area contributed by atoms with Crippen LogP contribution in [0.4, 0.5) is 0 Å². The van der Waals surface area contributed by atoms with E-state index in [4.69, 9.17) is 17.5 Å². The van der Waals surface area contributed by atoms with Gasteiger partial charge in [0.1, 0.15) is 0 Å². The molecule has 0 bridgehead atoms. The Morgan fingerprint density at radius 1 is 1.14 bits per heavy atom. The summed E-state index contributed by atoms with van der Waals surface area (Å²) in [5.41, 5.74) is 0. The van der Waals surface area contributed by atoms with Crippen molar-refractivity contribution in [3.8, 4) is 0 Å². The summed E-state index contributed by atoms with van der Waals surface area (Å²) in [6.45, 7) is 0. The van der Waals surface area contributed by atoms with Gasteiger partial charge >= 0.3 is 40.0 Å². The molecule has 1 radical (unpaired) electrons. The molecule has 0 aromatic heterocycles. The molecule has 2 N–H and O–H groups in total. The van der Waals surface area contributed by atoms with Gasteiger partial charge in [-0.2, -0.15) is 8.42 Å². The molecular weight excluding hydrogens is 208 g/mol. The van der Waals surface area contributed by atoms with Crippen LogP contribution in [0.15, 0.2) is 0 Å². The molecule has 0 spiro atoms. The molecule has 0 saturated heterocycles. The van der Waals surface area contributed by atoms with E-state index in [-0.39, 0.29) is 62.3 Å². The van der Waals surface area contributed by atoms with Crippen molar-refractivity contribution in [1.82, 2.24) is 0 Å². The maximum atomic E-state index is 8.74. The van der Waals surface area contributed by atoms with Crippen molar-refractivity contribution >= 4 is 40.0 Å². The van der Waals surface area contributed by atoms with Crippen LogP contribution < -0.4 is 0 Å². The summed E-state index contributed by atoms with van der Waals surface area (Å²) >= 11 is 0. The minimum atomic E-state index is -4.67. The number of hydrogen-bond donors (Lipinski definition) is 2. The predicted molar refractivity (Wildman–Crippen MR) is 21.3 cm³/mol. The molecule has 0 saturated carbocycles. The fourth-order valence-corrected chi connectivity index (χ4v) is 0. The molecule has 0 fully saturated rings. The van der Waals surface area contributed by atoms with Crippen LogP contribution >= 0.6 is 0 Å². The van der Waals surface area contributed by atoms with Crippen molar-refractivity contribution in [3.63, 3.8) is 0 Å². The van der Waals surface area contributed by atoms with E-state index in [1.54, 1.807) is 0 Å². The zero-order valence-electron chi connectivity index (χ0n) is 2.70. The molecule has 4 nitrogen and oxygen atoms in total. The maximum Gasteiger partial charge on any atom is 0 e. The molecule has 7 heteroatoms. The fraction of sp³-hybridized carbons (Fsp3) is 0. The molecule has 0 aliphatic rings. The maximum absolute atomic E-state index is 8.74. The Balaban J connectivity index is -0.0000000800. The second-order valence-electron chi connectivity index (χ2n) is 0.448. The van der Waals surface area contributed by atoms with Crippen LogP contribution in [0, 0.1) is 0 Å². The largest absolute Gasteiger partial charge is 0 e. The van der Waals surface area contributed by atoms with Crippen molar-refractivity contribution in [1.29, 1.82) is 0 Å². The Hall–Kier alpha value is 1.97. The molecule has 37 valence electrons. The van der Waals surface area contributed by atoms with Gasteiger partial charge in [0, 0.05) is 32.7 Å². The van der Waals surface area contributed by atoms with Crippen LogP contribution in [0.2, 0.25) is 0 Å². The average Bonchev–Trinajstić information content (AvgIpc) is 0.722. The minimum absolute atomic E-state index is 0. The summed E-state index contributed by atoms with van der Waals surface area (Å²) in [5.74, 6) is 0. The van der Waals surface area contributed by atoms with Crippen LogP contribution in [0.3, 0.4) is 0 Å². The zero-order valence-corrected chi connectivity index (χ0v) is 6.35. The summed E-state index contributed by atoms with van der Waals surface area (Å²) in [6, 6.07) is 0. The predicted octanol–water partition coefficient (Wildman–Crippen LogP) is -1.30. The van der Waals surface area contributed by atoms with Gasteiger partial charge in [0.25, 0.3) is 0 Å². The van der Waals surface area contributed by atoms with Crippen molar-refractivity contribution in [2.24, 2.45) is 0 Å². The third-order valence-electron chi connectivity index (χ3n) is 0. The van der Waals surface area contributed by atoms with Crippen LogP contribution in [0.1, 0.15) is 0 Å². The van der Waals surface area contributed by atoms with E-state index in [2.05, 4.69) is 0 Å². The Morgan fingerprint density at radius 2 is 1.14 bits per heavy atom. The van der Waals surface area contributed by atoms with Crippen LogP contribution in [-0.2, 0) is 43.1 Å². The van der Waals surface area contributed by atoms with Gasteiger partial charge in [-0.3, -0.25) is 9.11 Å². The standard InChI is InChI=1S/Na.H2O4S.Y.H/c;1-5(2,3)4;;/h;(H2,1,2,3,4);;. The Labute approximate surface area is 88.8 Å². The van der Waals surface area contributed by atoms with Gasteiger partial charge in [-0.05, 0) is 0 Å². The molecule has 0 aliphatic heterocycles. The van der Waals surface area contributed by atoms with E-state index in [9.17, 15) is 0 Å². The summed E-state index contributed by atoms with van der Waals surface area (Å²) in [5, 5.41) is 0. The van der Waals surface area contributed by atoms with Gasteiger partial charge in [-0.1, -0.05) is 0 Å².